The number of thiophene rings is 1. The van der Waals surface area contributed by atoms with E-state index in [0.29, 0.717) is 9.90 Å². The van der Waals surface area contributed by atoms with Crippen LogP contribution in [-0.2, 0) is 7.05 Å². The summed E-state index contributed by atoms with van der Waals surface area (Å²) < 4.78 is 2.42. The van der Waals surface area contributed by atoms with Gasteiger partial charge < -0.3 is 5.32 Å². The summed E-state index contributed by atoms with van der Waals surface area (Å²) in [5, 5.41) is 8.16. The van der Waals surface area contributed by atoms with E-state index in [1.807, 2.05) is 39.1 Å². The van der Waals surface area contributed by atoms with Crippen molar-refractivity contribution in [1.82, 2.24) is 20.1 Å². The molecule has 1 amide bonds. The first kappa shape index (κ1) is 15.0. The zero-order valence-electron chi connectivity index (χ0n) is 12.4. The highest BCUT2D eigenvalue weighted by Crippen LogP contribution is 2.27. The van der Waals surface area contributed by atoms with Crippen LogP contribution in [0.4, 0.5) is 0 Å². The fourth-order valence-corrected chi connectivity index (χ4v) is 3.41. The van der Waals surface area contributed by atoms with E-state index in [1.54, 1.807) is 10.9 Å². The van der Waals surface area contributed by atoms with Crippen molar-refractivity contribution >= 4 is 39.9 Å². The number of hydrogen-bond acceptors (Lipinski definition) is 4. The second kappa shape index (κ2) is 5.70. The van der Waals surface area contributed by atoms with Crippen molar-refractivity contribution < 1.29 is 4.79 Å². The number of carbonyl (C=O) groups is 1. The zero-order chi connectivity index (χ0) is 15.9. The van der Waals surface area contributed by atoms with Crippen LogP contribution in [0.2, 0.25) is 4.34 Å². The van der Waals surface area contributed by atoms with Crippen LogP contribution in [0, 0.1) is 6.92 Å². The average molecular weight is 335 g/mol. The molecule has 0 fully saturated rings. The Labute approximate surface area is 136 Å². The van der Waals surface area contributed by atoms with Gasteiger partial charge >= 0.3 is 0 Å². The quantitative estimate of drug-likeness (QED) is 0.797. The second-order valence-corrected chi connectivity index (χ2v) is 6.89. The van der Waals surface area contributed by atoms with Crippen molar-refractivity contribution in [3.63, 3.8) is 0 Å². The normalized spacial score (nSPS) is 12.5. The fourth-order valence-electron chi connectivity index (χ4n) is 2.34. The monoisotopic (exact) mass is 334 g/mol. The van der Waals surface area contributed by atoms with Crippen molar-refractivity contribution in [2.45, 2.75) is 19.9 Å². The van der Waals surface area contributed by atoms with Crippen LogP contribution in [0.1, 0.15) is 33.9 Å². The third-order valence-electron chi connectivity index (χ3n) is 3.49. The van der Waals surface area contributed by atoms with Crippen molar-refractivity contribution in [3.05, 3.63) is 44.9 Å². The third-order valence-corrected chi connectivity index (χ3v) is 4.91. The molecule has 0 saturated heterocycles. The minimum absolute atomic E-state index is 0.101. The Morgan fingerprint density at radius 2 is 2.23 bits per heavy atom. The number of nitrogens with one attached hydrogen (secondary N) is 1. The molecule has 3 aromatic rings. The first-order valence-corrected chi connectivity index (χ1v) is 8.00. The number of pyridine rings is 1. The molecule has 1 N–H and O–H groups in total. The van der Waals surface area contributed by atoms with Gasteiger partial charge in [0.15, 0.2) is 5.65 Å². The summed E-state index contributed by atoms with van der Waals surface area (Å²) in [6, 6.07) is 5.48. The van der Waals surface area contributed by atoms with E-state index in [-0.39, 0.29) is 11.9 Å². The third kappa shape index (κ3) is 2.71. The van der Waals surface area contributed by atoms with Crippen LogP contribution in [-0.4, -0.2) is 20.7 Å². The molecule has 0 spiro atoms. The van der Waals surface area contributed by atoms with Gasteiger partial charge in [0.1, 0.15) is 0 Å². The molecule has 3 rings (SSSR count). The predicted molar refractivity (Wildman–Crippen MR) is 88.5 cm³/mol. The number of amides is 1. The van der Waals surface area contributed by atoms with Gasteiger partial charge in [0, 0.05) is 23.5 Å². The van der Waals surface area contributed by atoms with E-state index in [0.717, 1.165) is 21.6 Å². The van der Waals surface area contributed by atoms with Crippen LogP contribution in [0.25, 0.3) is 11.0 Å². The lowest BCUT2D eigenvalue weighted by atomic mass is 10.2. The number of nitrogens with zero attached hydrogens (tertiary/aromatic N) is 3. The largest absolute Gasteiger partial charge is 0.345 e. The van der Waals surface area contributed by atoms with Crippen molar-refractivity contribution in [2.24, 2.45) is 7.05 Å². The molecule has 0 saturated carbocycles. The Hall–Kier alpha value is -1.92. The van der Waals surface area contributed by atoms with E-state index >= 15 is 0 Å². The molecule has 0 aliphatic rings. The van der Waals surface area contributed by atoms with Crippen LogP contribution in [0.15, 0.2) is 24.4 Å². The summed E-state index contributed by atoms with van der Waals surface area (Å²) in [7, 11) is 1.84. The Balaban J connectivity index is 1.84. The topological polar surface area (TPSA) is 59.8 Å². The smallest absolute Gasteiger partial charge is 0.253 e. The maximum atomic E-state index is 12.4. The van der Waals surface area contributed by atoms with E-state index < -0.39 is 0 Å². The van der Waals surface area contributed by atoms with Gasteiger partial charge in [-0.15, -0.1) is 11.3 Å². The lowest BCUT2D eigenvalue weighted by Crippen LogP contribution is -2.26. The van der Waals surface area contributed by atoms with Crippen LogP contribution < -0.4 is 5.32 Å². The lowest BCUT2D eigenvalue weighted by Gasteiger charge is -2.12. The molecular weight excluding hydrogens is 320 g/mol. The number of aryl methyl sites for hydroxylation is 2. The highest BCUT2D eigenvalue weighted by molar-refractivity contribution is 7.16. The van der Waals surface area contributed by atoms with E-state index in [4.69, 9.17) is 11.6 Å². The number of hydrogen-bond donors (Lipinski definition) is 1. The standard InChI is InChI=1S/C15H15ClN4OS/c1-8-11-6-10(7-17-14(11)20(3)19-8)15(21)18-9(2)12-4-5-13(16)22-12/h4-7,9H,1-3H3,(H,18,21). The van der Waals surface area contributed by atoms with Gasteiger partial charge in [0.2, 0.25) is 0 Å². The van der Waals surface area contributed by atoms with E-state index in [1.165, 1.54) is 11.3 Å². The van der Waals surface area contributed by atoms with Crippen molar-refractivity contribution in [2.75, 3.05) is 0 Å². The first-order valence-electron chi connectivity index (χ1n) is 6.81. The molecule has 22 heavy (non-hydrogen) atoms. The predicted octanol–water partition coefficient (Wildman–Crippen LogP) is 3.48. The Kier molecular flexibility index (Phi) is 3.88. The first-order chi connectivity index (χ1) is 10.5. The summed E-state index contributed by atoms with van der Waals surface area (Å²) in [6.45, 7) is 3.84. The minimum Gasteiger partial charge on any atom is -0.345 e. The van der Waals surface area contributed by atoms with Gasteiger partial charge in [-0.3, -0.25) is 9.48 Å². The molecule has 5 nitrogen and oxygen atoms in total. The molecule has 0 aliphatic carbocycles. The zero-order valence-corrected chi connectivity index (χ0v) is 14.0. The van der Waals surface area contributed by atoms with Gasteiger partial charge in [0.25, 0.3) is 5.91 Å². The molecule has 3 heterocycles. The summed E-state index contributed by atoms with van der Waals surface area (Å²) >= 11 is 7.39. The van der Waals surface area contributed by atoms with E-state index in [2.05, 4.69) is 15.4 Å². The number of fused-ring (bicyclic) bond motifs is 1. The molecule has 0 bridgehead atoms. The number of carbonyl (C=O) groups excluding carboxylic acids is 1. The summed E-state index contributed by atoms with van der Waals surface area (Å²) in [5.74, 6) is -0.158. The molecule has 0 aromatic carbocycles. The summed E-state index contributed by atoms with van der Waals surface area (Å²) in [4.78, 5) is 17.7. The minimum atomic E-state index is -0.158. The Morgan fingerprint density at radius 1 is 1.45 bits per heavy atom. The van der Waals surface area contributed by atoms with Crippen molar-refractivity contribution in [3.8, 4) is 0 Å². The molecule has 0 radical (unpaired) electrons. The maximum Gasteiger partial charge on any atom is 0.253 e. The number of rotatable bonds is 3. The molecule has 1 unspecified atom stereocenters. The van der Waals surface area contributed by atoms with Gasteiger partial charge in [-0.2, -0.15) is 5.10 Å². The number of aromatic nitrogens is 3. The second-order valence-electron chi connectivity index (χ2n) is 5.14. The Morgan fingerprint density at radius 3 is 2.91 bits per heavy atom. The highest BCUT2D eigenvalue weighted by atomic mass is 35.5. The van der Waals surface area contributed by atoms with Crippen LogP contribution in [0.3, 0.4) is 0 Å². The number of halogens is 1. The molecule has 1 atom stereocenters. The lowest BCUT2D eigenvalue weighted by molar-refractivity contribution is 0.0940. The summed E-state index contributed by atoms with van der Waals surface area (Å²) in [5.41, 5.74) is 2.16. The van der Waals surface area contributed by atoms with Crippen LogP contribution in [0.5, 0.6) is 0 Å². The highest BCUT2D eigenvalue weighted by Gasteiger charge is 2.15. The van der Waals surface area contributed by atoms with Gasteiger partial charge in [-0.1, -0.05) is 11.6 Å². The van der Waals surface area contributed by atoms with E-state index in [9.17, 15) is 4.79 Å². The van der Waals surface area contributed by atoms with Crippen molar-refractivity contribution in [1.29, 1.82) is 0 Å². The van der Waals surface area contributed by atoms with Crippen LogP contribution >= 0.6 is 22.9 Å². The average Bonchev–Trinajstić information content (AvgIpc) is 3.03. The SMILES string of the molecule is Cc1nn(C)c2ncc(C(=O)NC(C)c3ccc(Cl)s3)cc12. The molecular formula is C15H15ClN4OS. The molecule has 3 aromatic heterocycles. The van der Waals surface area contributed by atoms with Gasteiger partial charge in [0.05, 0.1) is 21.6 Å². The maximum absolute atomic E-state index is 12.4. The molecule has 0 aliphatic heterocycles. The Bertz CT molecular complexity index is 854. The van der Waals surface area contributed by atoms with Gasteiger partial charge in [-0.25, -0.2) is 4.98 Å². The fraction of sp³-hybridized carbons (Fsp3) is 0.267. The summed E-state index contributed by atoms with van der Waals surface area (Å²) in [6.07, 6.45) is 1.58. The molecule has 7 heteroatoms. The molecule has 114 valence electrons. The van der Waals surface area contributed by atoms with Gasteiger partial charge in [-0.05, 0) is 32.0 Å².